The lowest BCUT2D eigenvalue weighted by Crippen LogP contribution is -1.82. The van der Waals surface area contributed by atoms with Crippen molar-refractivity contribution in [2.24, 2.45) is 0 Å². The van der Waals surface area contributed by atoms with Crippen molar-refractivity contribution in [1.29, 1.82) is 0 Å². The molecule has 0 amide bonds. The van der Waals surface area contributed by atoms with E-state index >= 15 is 0 Å². The van der Waals surface area contributed by atoms with Crippen LogP contribution in [-0.2, 0) is 0 Å². The zero-order chi connectivity index (χ0) is 9.26. The minimum absolute atomic E-state index is 0.447. The van der Waals surface area contributed by atoms with Gasteiger partial charge in [0, 0.05) is 11.9 Å². The van der Waals surface area contributed by atoms with Crippen LogP contribution < -0.4 is 0 Å². The second-order valence-corrected chi connectivity index (χ2v) is 3.27. The van der Waals surface area contributed by atoms with Crippen molar-refractivity contribution in [2.75, 3.05) is 0 Å². The minimum atomic E-state index is 0.447. The number of aromatic nitrogens is 3. The van der Waals surface area contributed by atoms with E-state index in [-0.39, 0.29) is 0 Å². The summed E-state index contributed by atoms with van der Waals surface area (Å²) in [6.45, 7) is 1.92. The van der Waals surface area contributed by atoms with Crippen LogP contribution in [0.15, 0.2) is 27.6 Å². The van der Waals surface area contributed by atoms with Gasteiger partial charge in [-0.15, -0.1) is 0 Å². The van der Waals surface area contributed by atoms with E-state index in [0.29, 0.717) is 10.6 Å². The molecular formula is C8H6BrN3O. The maximum atomic E-state index is 4.94. The highest BCUT2D eigenvalue weighted by Crippen LogP contribution is 2.17. The van der Waals surface area contributed by atoms with Gasteiger partial charge in [-0.2, -0.15) is 4.98 Å². The van der Waals surface area contributed by atoms with Gasteiger partial charge >= 0.3 is 0 Å². The highest BCUT2D eigenvalue weighted by Gasteiger charge is 2.05. The maximum Gasteiger partial charge on any atom is 0.260 e. The van der Waals surface area contributed by atoms with Gasteiger partial charge in [0.2, 0.25) is 4.73 Å². The van der Waals surface area contributed by atoms with Crippen LogP contribution in [0.3, 0.4) is 0 Å². The fourth-order valence-electron chi connectivity index (χ4n) is 0.917. The molecule has 0 aliphatic carbocycles. The van der Waals surface area contributed by atoms with Gasteiger partial charge in [0.05, 0.1) is 5.56 Å². The molecule has 0 aliphatic rings. The third-order valence-corrected chi connectivity index (χ3v) is 1.88. The molecule has 0 aromatic carbocycles. The standard InChI is InChI=1S/C8H6BrN3O/c1-5-2-3-6(4-10-5)7-11-8(9)12-13-7/h2-4H,1H3. The minimum Gasteiger partial charge on any atom is -0.333 e. The van der Waals surface area contributed by atoms with E-state index in [1.807, 2.05) is 19.1 Å². The molecule has 0 N–H and O–H groups in total. The van der Waals surface area contributed by atoms with Gasteiger partial charge in [-0.05, 0) is 40.1 Å². The molecule has 0 saturated heterocycles. The van der Waals surface area contributed by atoms with E-state index in [2.05, 4.69) is 31.1 Å². The van der Waals surface area contributed by atoms with Crippen LogP contribution >= 0.6 is 15.9 Å². The molecule has 2 heterocycles. The summed E-state index contributed by atoms with van der Waals surface area (Å²) in [6.07, 6.45) is 1.70. The van der Waals surface area contributed by atoms with Crippen LogP contribution in [0.5, 0.6) is 0 Å². The van der Waals surface area contributed by atoms with Crippen LogP contribution in [0, 0.1) is 6.92 Å². The molecule has 4 nitrogen and oxygen atoms in total. The zero-order valence-electron chi connectivity index (χ0n) is 6.86. The summed E-state index contributed by atoms with van der Waals surface area (Å²) in [6, 6.07) is 3.79. The summed E-state index contributed by atoms with van der Waals surface area (Å²) in [5, 5.41) is 3.62. The lowest BCUT2D eigenvalue weighted by Gasteiger charge is -1.93. The number of hydrogen-bond donors (Lipinski definition) is 0. The van der Waals surface area contributed by atoms with Crippen molar-refractivity contribution in [1.82, 2.24) is 15.1 Å². The largest absolute Gasteiger partial charge is 0.333 e. The van der Waals surface area contributed by atoms with Gasteiger partial charge in [0.25, 0.3) is 5.89 Å². The zero-order valence-corrected chi connectivity index (χ0v) is 8.45. The first kappa shape index (κ1) is 8.37. The summed E-state index contributed by atoms with van der Waals surface area (Å²) in [5.74, 6) is 0.472. The van der Waals surface area contributed by atoms with Crippen LogP contribution in [0.2, 0.25) is 0 Å². The lowest BCUT2D eigenvalue weighted by molar-refractivity contribution is 0.426. The van der Waals surface area contributed by atoms with Gasteiger partial charge < -0.3 is 4.52 Å². The van der Waals surface area contributed by atoms with Crippen molar-refractivity contribution in [3.05, 3.63) is 28.8 Å². The summed E-state index contributed by atoms with van der Waals surface area (Å²) in [5.41, 5.74) is 1.78. The predicted octanol–water partition coefficient (Wildman–Crippen LogP) is 2.20. The second kappa shape index (κ2) is 3.26. The van der Waals surface area contributed by atoms with Gasteiger partial charge in [-0.1, -0.05) is 0 Å². The smallest absolute Gasteiger partial charge is 0.260 e. The van der Waals surface area contributed by atoms with Crippen molar-refractivity contribution in [2.45, 2.75) is 6.92 Å². The fraction of sp³-hybridized carbons (Fsp3) is 0.125. The van der Waals surface area contributed by atoms with Gasteiger partial charge in [0.1, 0.15) is 0 Å². The molecule has 2 aromatic heterocycles. The first-order valence-corrected chi connectivity index (χ1v) is 4.47. The fourth-order valence-corrected chi connectivity index (χ4v) is 1.15. The molecule has 0 bridgehead atoms. The molecule has 2 rings (SSSR count). The number of rotatable bonds is 1. The first-order chi connectivity index (χ1) is 6.25. The van der Waals surface area contributed by atoms with E-state index in [0.717, 1.165) is 11.3 Å². The SMILES string of the molecule is Cc1ccc(-c2nc(Br)no2)cn1. The van der Waals surface area contributed by atoms with Crippen molar-refractivity contribution in [3.63, 3.8) is 0 Å². The second-order valence-electron chi connectivity index (χ2n) is 2.56. The molecular weight excluding hydrogens is 234 g/mol. The molecule has 66 valence electrons. The molecule has 2 aromatic rings. The predicted molar refractivity (Wildman–Crippen MR) is 50.0 cm³/mol. The molecule has 13 heavy (non-hydrogen) atoms. The van der Waals surface area contributed by atoms with Crippen molar-refractivity contribution >= 4 is 15.9 Å². The van der Waals surface area contributed by atoms with Gasteiger partial charge in [-0.3, -0.25) is 4.98 Å². The Morgan fingerprint density at radius 2 is 2.23 bits per heavy atom. The van der Waals surface area contributed by atoms with Crippen LogP contribution in [-0.4, -0.2) is 15.1 Å². The van der Waals surface area contributed by atoms with E-state index < -0.39 is 0 Å². The Balaban J connectivity index is 2.41. The summed E-state index contributed by atoms with van der Waals surface area (Å²) in [4.78, 5) is 8.13. The molecule has 0 spiro atoms. The molecule has 0 atom stereocenters. The first-order valence-electron chi connectivity index (χ1n) is 3.68. The average Bonchev–Trinajstić information content (AvgIpc) is 2.53. The molecule has 5 heteroatoms. The van der Waals surface area contributed by atoms with Gasteiger partial charge in [-0.25, -0.2) is 0 Å². The maximum absolute atomic E-state index is 4.94. The Morgan fingerprint density at radius 1 is 1.38 bits per heavy atom. The number of nitrogens with zero attached hydrogens (tertiary/aromatic N) is 3. The van der Waals surface area contributed by atoms with E-state index in [9.17, 15) is 0 Å². The highest BCUT2D eigenvalue weighted by molar-refractivity contribution is 9.10. The average molecular weight is 240 g/mol. The Labute approximate surface area is 83.1 Å². The molecule has 0 saturated carbocycles. The number of hydrogen-bond acceptors (Lipinski definition) is 4. The monoisotopic (exact) mass is 239 g/mol. The molecule has 0 unspecified atom stereocenters. The van der Waals surface area contributed by atoms with Crippen LogP contribution in [0.25, 0.3) is 11.5 Å². The molecule has 0 fully saturated rings. The summed E-state index contributed by atoms with van der Waals surface area (Å²) < 4.78 is 5.39. The summed E-state index contributed by atoms with van der Waals surface area (Å²) >= 11 is 3.11. The number of halogens is 1. The number of aryl methyl sites for hydroxylation is 1. The normalized spacial score (nSPS) is 10.3. The Kier molecular flexibility index (Phi) is 2.10. The quantitative estimate of drug-likeness (QED) is 0.766. The highest BCUT2D eigenvalue weighted by atomic mass is 79.9. The third kappa shape index (κ3) is 1.75. The number of pyridine rings is 1. The molecule has 0 radical (unpaired) electrons. The van der Waals surface area contributed by atoms with Crippen LogP contribution in [0.4, 0.5) is 0 Å². The van der Waals surface area contributed by atoms with E-state index in [4.69, 9.17) is 4.52 Å². The Hall–Kier alpha value is -1.23. The Morgan fingerprint density at radius 3 is 2.77 bits per heavy atom. The lowest BCUT2D eigenvalue weighted by atomic mass is 10.2. The van der Waals surface area contributed by atoms with Crippen LogP contribution in [0.1, 0.15) is 5.69 Å². The van der Waals surface area contributed by atoms with Gasteiger partial charge in [0.15, 0.2) is 0 Å². The topological polar surface area (TPSA) is 51.8 Å². The van der Waals surface area contributed by atoms with Crippen molar-refractivity contribution < 1.29 is 4.52 Å². The molecule has 0 aliphatic heterocycles. The third-order valence-electron chi connectivity index (χ3n) is 1.56. The van der Waals surface area contributed by atoms with E-state index in [1.54, 1.807) is 6.20 Å². The summed E-state index contributed by atoms with van der Waals surface area (Å²) in [7, 11) is 0. The Bertz CT molecular complexity index is 410. The van der Waals surface area contributed by atoms with Crippen molar-refractivity contribution in [3.8, 4) is 11.5 Å². The van der Waals surface area contributed by atoms with E-state index in [1.165, 1.54) is 0 Å².